The highest BCUT2D eigenvalue weighted by Crippen LogP contribution is 2.00. The Balaban J connectivity index is 3.46. The molecule has 0 radical (unpaired) electrons. The lowest BCUT2D eigenvalue weighted by molar-refractivity contribution is 0.0221. The van der Waals surface area contributed by atoms with Crippen LogP contribution in [0.3, 0.4) is 0 Å². The van der Waals surface area contributed by atoms with Crippen LogP contribution >= 0.6 is 0 Å². The Labute approximate surface area is 74.0 Å². The summed E-state index contributed by atoms with van der Waals surface area (Å²) in [7, 11) is 0. The monoisotopic (exact) mass is 174 g/mol. The molecule has 3 heteroatoms. The van der Waals surface area contributed by atoms with Gasteiger partial charge in [-0.1, -0.05) is 20.8 Å². The second-order valence-corrected chi connectivity index (χ2v) is 3.29. The van der Waals surface area contributed by atoms with Gasteiger partial charge in [0.25, 0.3) is 0 Å². The summed E-state index contributed by atoms with van der Waals surface area (Å²) in [5.41, 5.74) is 0. The van der Waals surface area contributed by atoms with E-state index in [1.54, 1.807) is 0 Å². The summed E-state index contributed by atoms with van der Waals surface area (Å²) in [6.45, 7) is 8.19. The maximum absolute atomic E-state index is 10.9. The van der Waals surface area contributed by atoms with Gasteiger partial charge in [-0.15, -0.1) is 0 Å². The normalized spacial score (nSPS) is 12.8. The summed E-state index contributed by atoms with van der Waals surface area (Å²) in [6, 6.07) is 0. The second kappa shape index (κ2) is 5.86. The predicted octanol–water partition coefficient (Wildman–Crippen LogP) is 2.59. The molecule has 3 nitrogen and oxygen atoms in total. The molecule has 0 saturated heterocycles. The van der Waals surface area contributed by atoms with Crippen molar-refractivity contribution in [3.8, 4) is 0 Å². The molecule has 0 aromatic carbocycles. The molecule has 0 bridgehead atoms. The van der Waals surface area contributed by atoms with Crippen LogP contribution in [0.25, 0.3) is 0 Å². The highest BCUT2D eigenvalue weighted by molar-refractivity contribution is 5.60. The van der Waals surface area contributed by atoms with E-state index in [9.17, 15) is 4.79 Å². The van der Waals surface area contributed by atoms with Gasteiger partial charge in [-0.2, -0.15) is 0 Å². The molecule has 0 aliphatic carbocycles. The fraction of sp³-hybridized carbons (Fsp3) is 0.889. The molecular weight excluding hydrogens is 156 g/mol. The lowest BCUT2D eigenvalue weighted by Gasteiger charge is -2.11. The number of carbonyl (C=O) groups excluding carboxylic acids is 1. The van der Waals surface area contributed by atoms with E-state index in [0.717, 1.165) is 6.42 Å². The zero-order valence-electron chi connectivity index (χ0n) is 8.29. The number of hydrogen-bond donors (Lipinski definition) is 0. The standard InChI is InChI=1S/C9H18O3/c1-5-8(4)12-9(10)11-6-7(2)3/h7-8H,5-6H2,1-4H3/t8-/m1/s1. The average molecular weight is 174 g/mol. The van der Waals surface area contributed by atoms with E-state index in [2.05, 4.69) is 0 Å². The molecule has 72 valence electrons. The third-order valence-electron chi connectivity index (χ3n) is 1.41. The highest BCUT2D eigenvalue weighted by atomic mass is 16.7. The molecule has 0 aromatic rings. The van der Waals surface area contributed by atoms with E-state index in [1.807, 2.05) is 27.7 Å². The second-order valence-electron chi connectivity index (χ2n) is 3.29. The van der Waals surface area contributed by atoms with Gasteiger partial charge in [0.05, 0.1) is 6.61 Å². The van der Waals surface area contributed by atoms with E-state index < -0.39 is 6.16 Å². The SMILES string of the molecule is CC[C@@H](C)OC(=O)OCC(C)C. The summed E-state index contributed by atoms with van der Waals surface area (Å²) >= 11 is 0. The van der Waals surface area contributed by atoms with Crippen molar-refractivity contribution in [2.24, 2.45) is 5.92 Å². The molecule has 0 saturated carbocycles. The lowest BCUT2D eigenvalue weighted by Crippen LogP contribution is -2.17. The van der Waals surface area contributed by atoms with Gasteiger partial charge in [-0.25, -0.2) is 4.79 Å². The van der Waals surface area contributed by atoms with Gasteiger partial charge in [0.15, 0.2) is 0 Å². The Morgan fingerprint density at radius 2 is 1.92 bits per heavy atom. The van der Waals surface area contributed by atoms with Crippen LogP contribution in [0.4, 0.5) is 4.79 Å². The summed E-state index contributed by atoms with van der Waals surface area (Å²) in [5.74, 6) is 0.356. The molecule has 0 aliphatic rings. The summed E-state index contributed by atoms with van der Waals surface area (Å²) in [5, 5.41) is 0. The minimum absolute atomic E-state index is 0.0512. The Morgan fingerprint density at radius 3 is 2.33 bits per heavy atom. The van der Waals surface area contributed by atoms with Gasteiger partial charge in [-0.05, 0) is 19.3 Å². The fourth-order valence-corrected chi connectivity index (χ4v) is 0.516. The average Bonchev–Trinajstić information content (AvgIpc) is 2.00. The fourth-order valence-electron chi connectivity index (χ4n) is 0.516. The topological polar surface area (TPSA) is 35.5 Å². The zero-order chi connectivity index (χ0) is 9.56. The van der Waals surface area contributed by atoms with Crippen molar-refractivity contribution in [1.29, 1.82) is 0 Å². The van der Waals surface area contributed by atoms with Crippen LogP contribution in [0.15, 0.2) is 0 Å². The van der Waals surface area contributed by atoms with Gasteiger partial charge in [0.2, 0.25) is 0 Å². The number of carbonyl (C=O) groups is 1. The van der Waals surface area contributed by atoms with Crippen LogP contribution in [0.5, 0.6) is 0 Å². The number of hydrogen-bond acceptors (Lipinski definition) is 3. The molecular formula is C9H18O3. The Bertz CT molecular complexity index is 132. The van der Waals surface area contributed by atoms with Crippen LogP contribution in [0, 0.1) is 5.92 Å². The van der Waals surface area contributed by atoms with Crippen molar-refractivity contribution in [2.45, 2.75) is 40.2 Å². The third kappa shape index (κ3) is 6.01. The number of rotatable bonds is 4. The lowest BCUT2D eigenvalue weighted by atomic mass is 10.2. The largest absolute Gasteiger partial charge is 0.508 e. The van der Waals surface area contributed by atoms with Crippen molar-refractivity contribution in [2.75, 3.05) is 6.61 Å². The molecule has 0 amide bonds. The van der Waals surface area contributed by atoms with E-state index in [4.69, 9.17) is 9.47 Å². The molecule has 0 spiro atoms. The quantitative estimate of drug-likeness (QED) is 0.614. The maximum atomic E-state index is 10.9. The minimum atomic E-state index is -0.557. The smallest absolute Gasteiger partial charge is 0.434 e. The molecule has 0 unspecified atom stereocenters. The van der Waals surface area contributed by atoms with E-state index in [0.29, 0.717) is 12.5 Å². The van der Waals surface area contributed by atoms with E-state index in [1.165, 1.54) is 0 Å². The Kier molecular flexibility index (Phi) is 5.51. The predicted molar refractivity (Wildman–Crippen MR) is 47.0 cm³/mol. The summed E-state index contributed by atoms with van der Waals surface area (Å²) < 4.78 is 9.70. The Morgan fingerprint density at radius 1 is 1.33 bits per heavy atom. The van der Waals surface area contributed by atoms with Gasteiger partial charge in [-0.3, -0.25) is 0 Å². The van der Waals surface area contributed by atoms with Gasteiger partial charge in [0.1, 0.15) is 6.10 Å². The first-order valence-corrected chi connectivity index (χ1v) is 4.39. The molecule has 12 heavy (non-hydrogen) atoms. The summed E-state index contributed by atoms with van der Waals surface area (Å²) in [6.07, 6.45) is 0.208. The van der Waals surface area contributed by atoms with E-state index >= 15 is 0 Å². The van der Waals surface area contributed by atoms with Crippen molar-refractivity contribution >= 4 is 6.16 Å². The van der Waals surface area contributed by atoms with Gasteiger partial charge in [0, 0.05) is 0 Å². The van der Waals surface area contributed by atoms with Crippen molar-refractivity contribution in [3.05, 3.63) is 0 Å². The molecule has 0 N–H and O–H groups in total. The van der Waals surface area contributed by atoms with Gasteiger partial charge >= 0.3 is 6.16 Å². The number of ether oxygens (including phenoxy) is 2. The third-order valence-corrected chi connectivity index (χ3v) is 1.41. The van der Waals surface area contributed by atoms with Crippen molar-refractivity contribution in [1.82, 2.24) is 0 Å². The molecule has 0 fully saturated rings. The van der Waals surface area contributed by atoms with Crippen LogP contribution in [0.1, 0.15) is 34.1 Å². The van der Waals surface area contributed by atoms with Crippen molar-refractivity contribution < 1.29 is 14.3 Å². The van der Waals surface area contributed by atoms with Crippen LogP contribution in [-0.2, 0) is 9.47 Å². The first kappa shape index (κ1) is 11.3. The molecule has 0 aliphatic heterocycles. The molecule has 0 rings (SSSR count). The van der Waals surface area contributed by atoms with Crippen molar-refractivity contribution in [3.63, 3.8) is 0 Å². The summed E-state index contributed by atoms with van der Waals surface area (Å²) in [4.78, 5) is 10.9. The molecule has 0 aromatic heterocycles. The zero-order valence-corrected chi connectivity index (χ0v) is 8.29. The highest BCUT2D eigenvalue weighted by Gasteiger charge is 2.08. The maximum Gasteiger partial charge on any atom is 0.508 e. The minimum Gasteiger partial charge on any atom is -0.434 e. The Hall–Kier alpha value is -0.730. The van der Waals surface area contributed by atoms with E-state index in [-0.39, 0.29) is 6.10 Å². The first-order chi connectivity index (χ1) is 5.56. The van der Waals surface area contributed by atoms with Crippen LogP contribution in [0.2, 0.25) is 0 Å². The van der Waals surface area contributed by atoms with Gasteiger partial charge < -0.3 is 9.47 Å². The first-order valence-electron chi connectivity index (χ1n) is 4.39. The van der Waals surface area contributed by atoms with Crippen LogP contribution in [-0.4, -0.2) is 18.9 Å². The molecule has 0 heterocycles. The van der Waals surface area contributed by atoms with Crippen LogP contribution < -0.4 is 0 Å². The molecule has 1 atom stereocenters.